The number of hydrogen-bond donors (Lipinski definition) is 1. The number of carbonyl (C=O) groups is 1. The highest BCUT2D eigenvalue weighted by molar-refractivity contribution is 5.85. The molecule has 3 aliphatic rings. The Hall–Kier alpha value is -1.86. The Bertz CT molecular complexity index is 644. The molecule has 2 N–H and O–H groups in total. The molecule has 3 unspecified atom stereocenters. The maximum absolute atomic E-state index is 13.2. The molecule has 0 aromatic heterocycles. The van der Waals surface area contributed by atoms with Crippen LogP contribution >= 0.6 is 0 Å². The molecule has 0 bridgehead atoms. The summed E-state index contributed by atoms with van der Waals surface area (Å²) in [4.78, 5) is 15.0. The van der Waals surface area contributed by atoms with Crippen LogP contribution in [0.1, 0.15) is 44.1 Å². The molecular weight excluding hydrogens is 286 g/mol. The first-order valence-corrected chi connectivity index (χ1v) is 8.70. The second kappa shape index (κ2) is 5.35. The van der Waals surface area contributed by atoms with Crippen LogP contribution in [0.15, 0.2) is 30.3 Å². The number of carbonyl (C=O) groups excluding carboxylic acids is 1. The van der Waals surface area contributed by atoms with Crippen molar-refractivity contribution in [3.05, 3.63) is 35.9 Å². The van der Waals surface area contributed by atoms with Crippen molar-refractivity contribution in [1.29, 1.82) is 5.26 Å². The second-order valence-electron chi connectivity index (χ2n) is 7.40. The molecule has 1 heterocycles. The van der Waals surface area contributed by atoms with Gasteiger partial charge in [-0.15, -0.1) is 0 Å². The molecule has 1 aliphatic heterocycles. The Balaban J connectivity index is 1.65. The summed E-state index contributed by atoms with van der Waals surface area (Å²) in [5, 5.41) is 9.37. The van der Waals surface area contributed by atoms with Gasteiger partial charge in [0.05, 0.1) is 12.1 Å². The number of likely N-dealkylation sites (tertiary alicyclic amines) is 1. The lowest BCUT2D eigenvalue weighted by atomic mass is 9.72. The average Bonchev–Trinajstić information content (AvgIpc) is 3.03. The minimum atomic E-state index is -0.539. The van der Waals surface area contributed by atoms with Crippen molar-refractivity contribution < 1.29 is 4.79 Å². The van der Waals surface area contributed by atoms with Gasteiger partial charge in [0, 0.05) is 11.5 Å². The minimum Gasteiger partial charge on any atom is -0.322 e. The zero-order valence-corrected chi connectivity index (χ0v) is 13.3. The maximum Gasteiger partial charge on any atom is 0.241 e. The highest BCUT2D eigenvalue weighted by Gasteiger charge is 2.57. The first-order valence-electron chi connectivity index (χ1n) is 8.70. The SMILES string of the molecule is N#CC1C[C@@H]2CC2N1C(=O)C(N)C1(c2ccccc2)CCCC1. The molecule has 23 heavy (non-hydrogen) atoms. The van der Waals surface area contributed by atoms with Crippen LogP contribution in [0, 0.1) is 17.2 Å². The lowest BCUT2D eigenvalue weighted by Gasteiger charge is -2.38. The quantitative estimate of drug-likeness (QED) is 0.931. The molecule has 1 saturated heterocycles. The van der Waals surface area contributed by atoms with Gasteiger partial charge in [0.25, 0.3) is 0 Å². The van der Waals surface area contributed by atoms with Crippen LogP contribution < -0.4 is 5.73 Å². The first-order chi connectivity index (χ1) is 11.2. The van der Waals surface area contributed by atoms with Crippen LogP contribution in [0.3, 0.4) is 0 Å². The number of rotatable bonds is 3. The molecule has 0 radical (unpaired) electrons. The van der Waals surface area contributed by atoms with Crippen LogP contribution in [0.4, 0.5) is 0 Å². The Labute approximate surface area is 137 Å². The molecule has 0 spiro atoms. The molecule has 4 heteroatoms. The fourth-order valence-corrected chi connectivity index (χ4v) is 4.84. The number of fused-ring (bicyclic) bond motifs is 1. The fraction of sp³-hybridized carbons (Fsp3) is 0.579. The minimum absolute atomic E-state index is 0.00713. The zero-order valence-electron chi connectivity index (χ0n) is 13.3. The van der Waals surface area contributed by atoms with E-state index in [2.05, 4.69) is 18.2 Å². The summed E-state index contributed by atoms with van der Waals surface area (Å²) in [5.74, 6) is 0.527. The number of benzene rings is 1. The largest absolute Gasteiger partial charge is 0.322 e. The molecule has 2 saturated carbocycles. The number of nitrogens with zero attached hydrogens (tertiary/aromatic N) is 2. The van der Waals surface area contributed by atoms with Crippen molar-refractivity contribution in [2.75, 3.05) is 0 Å². The van der Waals surface area contributed by atoms with E-state index in [1.807, 2.05) is 23.1 Å². The second-order valence-corrected chi connectivity index (χ2v) is 7.40. The Morgan fingerprint density at radius 3 is 2.61 bits per heavy atom. The molecule has 3 fully saturated rings. The standard InChI is InChI=1S/C19H23N3O/c20-12-15-10-13-11-16(13)22(15)18(23)17(21)19(8-4-5-9-19)14-6-2-1-3-7-14/h1-3,6-7,13,15-17H,4-5,8-11,21H2/t13-,15?,16?,17?/m1/s1. The van der Waals surface area contributed by atoms with Crippen LogP contribution in [0.5, 0.6) is 0 Å². The van der Waals surface area contributed by atoms with Gasteiger partial charge in [0.15, 0.2) is 0 Å². The monoisotopic (exact) mass is 309 g/mol. The van der Waals surface area contributed by atoms with Crippen molar-refractivity contribution in [3.63, 3.8) is 0 Å². The average molecular weight is 309 g/mol. The Morgan fingerprint density at radius 2 is 1.96 bits per heavy atom. The third-order valence-corrected chi connectivity index (χ3v) is 6.21. The predicted octanol–water partition coefficient (Wildman–Crippen LogP) is 2.34. The molecule has 4 nitrogen and oxygen atoms in total. The Morgan fingerprint density at radius 1 is 1.26 bits per heavy atom. The Kier molecular flexibility index (Phi) is 3.42. The van der Waals surface area contributed by atoms with Gasteiger partial charge in [0.2, 0.25) is 5.91 Å². The molecule has 1 aromatic rings. The summed E-state index contributed by atoms with van der Waals surface area (Å²) in [6, 6.07) is 12.0. The number of piperidine rings is 1. The molecule has 4 rings (SSSR count). The van der Waals surface area contributed by atoms with E-state index in [0.717, 1.165) is 38.5 Å². The van der Waals surface area contributed by atoms with Gasteiger partial charge in [-0.2, -0.15) is 5.26 Å². The predicted molar refractivity (Wildman–Crippen MR) is 87.3 cm³/mol. The summed E-state index contributed by atoms with van der Waals surface area (Å²) in [5.41, 5.74) is 7.49. The topological polar surface area (TPSA) is 70.1 Å². The van der Waals surface area contributed by atoms with E-state index >= 15 is 0 Å². The number of nitriles is 1. The van der Waals surface area contributed by atoms with Gasteiger partial charge in [0.1, 0.15) is 6.04 Å². The van der Waals surface area contributed by atoms with Crippen molar-refractivity contribution in [3.8, 4) is 6.07 Å². The van der Waals surface area contributed by atoms with Crippen LogP contribution in [0.2, 0.25) is 0 Å². The van der Waals surface area contributed by atoms with Gasteiger partial charge < -0.3 is 10.6 Å². The molecular formula is C19H23N3O. The summed E-state index contributed by atoms with van der Waals surface area (Å²) in [6.07, 6.45) is 6.03. The summed E-state index contributed by atoms with van der Waals surface area (Å²) < 4.78 is 0. The van der Waals surface area contributed by atoms with E-state index in [-0.39, 0.29) is 23.4 Å². The van der Waals surface area contributed by atoms with Crippen molar-refractivity contribution in [2.24, 2.45) is 11.7 Å². The third kappa shape index (κ3) is 2.18. The smallest absolute Gasteiger partial charge is 0.241 e. The van der Waals surface area contributed by atoms with Crippen molar-refractivity contribution in [2.45, 2.75) is 62.1 Å². The first kappa shape index (κ1) is 14.7. The van der Waals surface area contributed by atoms with Gasteiger partial charge >= 0.3 is 0 Å². The van der Waals surface area contributed by atoms with Crippen LogP contribution in [0.25, 0.3) is 0 Å². The number of amides is 1. The third-order valence-electron chi connectivity index (χ3n) is 6.21. The van der Waals surface area contributed by atoms with Crippen LogP contribution in [-0.2, 0) is 10.2 Å². The molecule has 1 aromatic carbocycles. The van der Waals surface area contributed by atoms with E-state index in [9.17, 15) is 10.1 Å². The summed E-state index contributed by atoms with van der Waals surface area (Å²) in [7, 11) is 0. The molecule has 1 amide bonds. The van der Waals surface area contributed by atoms with Gasteiger partial charge in [-0.25, -0.2) is 0 Å². The fourth-order valence-electron chi connectivity index (χ4n) is 4.84. The van der Waals surface area contributed by atoms with E-state index < -0.39 is 6.04 Å². The highest BCUT2D eigenvalue weighted by Crippen LogP contribution is 2.50. The van der Waals surface area contributed by atoms with Crippen molar-refractivity contribution in [1.82, 2.24) is 4.90 Å². The lowest BCUT2D eigenvalue weighted by Crippen LogP contribution is -2.56. The van der Waals surface area contributed by atoms with E-state index in [1.54, 1.807) is 0 Å². The number of hydrogen-bond acceptors (Lipinski definition) is 3. The highest BCUT2D eigenvalue weighted by atomic mass is 16.2. The van der Waals surface area contributed by atoms with Gasteiger partial charge in [-0.1, -0.05) is 43.2 Å². The number of nitrogens with two attached hydrogens (primary N) is 1. The normalized spacial score (nSPS) is 32.2. The molecule has 2 aliphatic carbocycles. The summed E-state index contributed by atoms with van der Waals surface area (Å²) in [6.45, 7) is 0. The van der Waals surface area contributed by atoms with Gasteiger partial charge in [-0.05, 0) is 37.2 Å². The molecule has 120 valence electrons. The van der Waals surface area contributed by atoms with Gasteiger partial charge in [-0.3, -0.25) is 4.79 Å². The van der Waals surface area contributed by atoms with Crippen molar-refractivity contribution >= 4 is 5.91 Å². The molecule has 4 atom stereocenters. The van der Waals surface area contributed by atoms with E-state index in [1.165, 1.54) is 5.56 Å². The maximum atomic E-state index is 13.2. The van der Waals surface area contributed by atoms with E-state index in [4.69, 9.17) is 5.73 Å². The van der Waals surface area contributed by atoms with E-state index in [0.29, 0.717) is 5.92 Å². The summed E-state index contributed by atoms with van der Waals surface area (Å²) >= 11 is 0. The lowest BCUT2D eigenvalue weighted by molar-refractivity contribution is -0.135. The zero-order chi connectivity index (χ0) is 16.0. The van der Waals surface area contributed by atoms with Crippen LogP contribution in [-0.4, -0.2) is 28.9 Å².